The maximum atomic E-state index is 9.88. The van der Waals surface area contributed by atoms with E-state index in [1.54, 1.807) is 0 Å². The average Bonchev–Trinajstić information content (AvgIpc) is 2.29. The highest BCUT2D eigenvalue weighted by Gasteiger charge is 2.07. The average molecular weight is 223 g/mol. The van der Waals surface area contributed by atoms with Crippen LogP contribution in [0.15, 0.2) is 15.0 Å². The zero-order valence-corrected chi connectivity index (χ0v) is 8.89. The second-order valence-corrected chi connectivity index (χ2v) is 3.15. The van der Waals surface area contributed by atoms with E-state index in [9.17, 15) is 14.4 Å². The van der Waals surface area contributed by atoms with Crippen LogP contribution in [0.1, 0.15) is 19.3 Å². The Hall–Kier alpha value is -1.86. The summed E-state index contributed by atoms with van der Waals surface area (Å²) in [5.74, 6) is 0.228. The van der Waals surface area contributed by atoms with Gasteiger partial charge in [0.2, 0.25) is 18.2 Å². The van der Waals surface area contributed by atoms with Gasteiger partial charge in [0.15, 0.2) is 0 Å². The number of isocyanates is 3. The zero-order chi connectivity index (χ0) is 12.1. The Morgan fingerprint density at radius 1 is 0.688 bits per heavy atom. The molecule has 6 heteroatoms. The molecular weight excluding hydrogens is 210 g/mol. The molecule has 0 radical (unpaired) electrons. The van der Waals surface area contributed by atoms with Gasteiger partial charge in [-0.2, -0.15) is 0 Å². The highest BCUT2D eigenvalue weighted by atomic mass is 16.1. The zero-order valence-electron chi connectivity index (χ0n) is 8.89. The van der Waals surface area contributed by atoms with E-state index in [-0.39, 0.29) is 5.92 Å². The van der Waals surface area contributed by atoms with Crippen LogP contribution in [-0.2, 0) is 14.4 Å². The largest absolute Gasteiger partial charge is 0.234 e. The van der Waals surface area contributed by atoms with Crippen molar-refractivity contribution in [1.82, 2.24) is 0 Å². The molecule has 0 saturated heterocycles. The minimum absolute atomic E-state index is 0.228. The third-order valence-electron chi connectivity index (χ3n) is 2.14. The summed E-state index contributed by atoms with van der Waals surface area (Å²) < 4.78 is 0. The maximum Gasteiger partial charge on any atom is 0.234 e. The Kier molecular flexibility index (Phi) is 9.91. The summed E-state index contributed by atoms with van der Waals surface area (Å²) in [4.78, 5) is 40.0. The molecule has 6 nitrogen and oxygen atoms in total. The summed E-state index contributed by atoms with van der Waals surface area (Å²) in [7, 11) is 0. The smallest absolute Gasteiger partial charge is 0.211 e. The minimum atomic E-state index is 0.228. The van der Waals surface area contributed by atoms with Gasteiger partial charge in [0.05, 0.1) is 19.6 Å². The molecule has 16 heavy (non-hydrogen) atoms. The Morgan fingerprint density at radius 2 is 1.00 bits per heavy atom. The molecule has 0 aromatic rings. The summed E-state index contributed by atoms with van der Waals surface area (Å²) in [5.41, 5.74) is 0. The molecule has 0 saturated carbocycles. The van der Waals surface area contributed by atoms with Crippen molar-refractivity contribution in [1.29, 1.82) is 0 Å². The van der Waals surface area contributed by atoms with Gasteiger partial charge in [-0.05, 0) is 25.2 Å². The van der Waals surface area contributed by atoms with Crippen molar-refractivity contribution >= 4 is 18.2 Å². The number of rotatable bonds is 9. The Labute approximate surface area is 93.2 Å². The summed E-state index contributed by atoms with van der Waals surface area (Å²) in [6.45, 7) is 1.18. The lowest BCUT2D eigenvalue weighted by Gasteiger charge is -2.11. The second-order valence-electron chi connectivity index (χ2n) is 3.15. The van der Waals surface area contributed by atoms with Gasteiger partial charge in [0.25, 0.3) is 0 Å². The first-order chi connectivity index (χ1) is 7.85. The number of hydrogen-bond donors (Lipinski definition) is 0. The van der Waals surface area contributed by atoms with Crippen LogP contribution in [0, 0.1) is 5.92 Å². The van der Waals surface area contributed by atoms with Crippen LogP contribution in [-0.4, -0.2) is 37.9 Å². The van der Waals surface area contributed by atoms with E-state index in [0.29, 0.717) is 38.9 Å². The number of aliphatic imine (C=N–C) groups is 3. The molecule has 0 aliphatic carbocycles. The summed E-state index contributed by atoms with van der Waals surface area (Å²) >= 11 is 0. The lowest BCUT2D eigenvalue weighted by Crippen LogP contribution is -2.06. The summed E-state index contributed by atoms with van der Waals surface area (Å²) in [6, 6.07) is 0. The standard InChI is InChI=1S/C10H13N3O3/c14-7-11-4-1-10(2-5-12-8-15)3-6-13-9-16/h10H,1-6H2. The minimum Gasteiger partial charge on any atom is -0.211 e. The van der Waals surface area contributed by atoms with Crippen LogP contribution in [0.3, 0.4) is 0 Å². The van der Waals surface area contributed by atoms with Gasteiger partial charge in [0, 0.05) is 0 Å². The van der Waals surface area contributed by atoms with Gasteiger partial charge in [-0.25, -0.2) is 29.4 Å². The molecule has 0 atom stereocenters. The topological polar surface area (TPSA) is 88.3 Å². The van der Waals surface area contributed by atoms with Crippen LogP contribution >= 0.6 is 0 Å². The van der Waals surface area contributed by atoms with Gasteiger partial charge in [-0.3, -0.25) is 0 Å². The molecule has 0 spiro atoms. The normalized spacial score (nSPS) is 10.5. The number of hydrogen-bond acceptors (Lipinski definition) is 6. The fraction of sp³-hybridized carbons (Fsp3) is 0.700. The fourth-order valence-corrected chi connectivity index (χ4v) is 1.31. The van der Waals surface area contributed by atoms with E-state index in [0.717, 1.165) is 0 Å². The quantitative estimate of drug-likeness (QED) is 0.427. The van der Waals surface area contributed by atoms with Crippen LogP contribution < -0.4 is 0 Å². The molecule has 0 N–H and O–H groups in total. The van der Waals surface area contributed by atoms with E-state index in [4.69, 9.17) is 0 Å². The Bertz CT molecular complexity index is 272. The van der Waals surface area contributed by atoms with E-state index >= 15 is 0 Å². The lowest BCUT2D eigenvalue weighted by molar-refractivity contribution is 0.436. The molecule has 86 valence electrons. The third-order valence-corrected chi connectivity index (χ3v) is 2.14. The molecule has 0 unspecified atom stereocenters. The van der Waals surface area contributed by atoms with Crippen LogP contribution in [0.2, 0.25) is 0 Å². The van der Waals surface area contributed by atoms with Crippen molar-refractivity contribution in [3.05, 3.63) is 0 Å². The van der Waals surface area contributed by atoms with Crippen molar-refractivity contribution in [3.8, 4) is 0 Å². The first kappa shape index (κ1) is 14.1. The first-order valence-electron chi connectivity index (χ1n) is 4.96. The molecule has 0 aliphatic rings. The predicted molar refractivity (Wildman–Crippen MR) is 56.3 cm³/mol. The van der Waals surface area contributed by atoms with Crippen molar-refractivity contribution in [3.63, 3.8) is 0 Å². The molecule has 0 aromatic heterocycles. The van der Waals surface area contributed by atoms with Crippen LogP contribution in [0.4, 0.5) is 0 Å². The summed E-state index contributed by atoms with van der Waals surface area (Å²) in [5, 5.41) is 0. The lowest BCUT2D eigenvalue weighted by atomic mass is 9.98. The predicted octanol–water partition coefficient (Wildman–Crippen LogP) is 0.780. The van der Waals surface area contributed by atoms with Crippen molar-refractivity contribution in [2.75, 3.05) is 19.6 Å². The molecule has 0 rings (SSSR count). The van der Waals surface area contributed by atoms with E-state index in [1.807, 2.05) is 0 Å². The van der Waals surface area contributed by atoms with Gasteiger partial charge >= 0.3 is 0 Å². The van der Waals surface area contributed by atoms with Crippen molar-refractivity contribution < 1.29 is 14.4 Å². The van der Waals surface area contributed by atoms with Gasteiger partial charge in [-0.1, -0.05) is 0 Å². The summed E-state index contributed by atoms with van der Waals surface area (Å²) in [6.07, 6.45) is 6.46. The molecule has 0 amide bonds. The Balaban J connectivity index is 3.97. The van der Waals surface area contributed by atoms with Gasteiger partial charge in [-0.15, -0.1) is 0 Å². The molecule has 0 aliphatic heterocycles. The molecule has 0 heterocycles. The SMILES string of the molecule is O=C=NCCC(CCN=C=O)CCN=C=O. The molecule has 0 fully saturated rings. The van der Waals surface area contributed by atoms with E-state index in [2.05, 4.69) is 15.0 Å². The van der Waals surface area contributed by atoms with Crippen LogP contribution in [0.5, 0.6) is 0 Å². The van der Waals surface area contributed by atoms with E-state index in [1.165, 1.54) is 18.2 Å². The molecule has 0 bridgehead atoms. The second kappa shape index (κ2) is 11.2. The van der Waals surface area contributed by atoms with Crippen molar-refractivity contribution in [2.45, 2.75) is 19.3 Å². The number of nitrogens with zero attached hydrogens (tertiary/aromatic N) is 3. The van der Waals surface area contributed by atoms with Gasteiger partial charge in [0.1, 0.15) is 0 Å². The molecular formula is C10H13N3O3. The third kappa shape index (κ3) is 8.73. The highest BCUT2D eigenvalue weighted by Crippen LogP contribution is 2.13. The monoisotopic (exact) mass is 223 g/mol. The Morgan fingerprint density at radius 3 is 1.25 bits per heavy atom. The first-order valence-corrected chi connectivity index (χ1v) is 4.96. The highest BCUT2D eigenvalue weighted by molar-refractivity contribution is 5.33. The van der Waals surface area contributed by atoms with Crippen molar-refractivity contribution in [2.24, 2.45) is 20.9 Å². The van der Waals surface area contributed by atoms with Gasteiger partial charge < -0.3 is 0 Å². The fourth-order valence-electron chi connectivity index (χ4n) is 1.31. The molecule has 0 aromatic carbocycles. The maximum absolute atomic E-state index is 9.88. The van der Waals surface area contributed by atoms with Crippen LogP contribution in [0.25, 0.3) is 0 Å². The van der Waals surface area contributed by atoms with E-state index < -0.39 is 0 Å². The number of carbonyl (C=O) groups excluding carboxylic acids is 3.